The van der Waals surface area contributed by atoms with Crippen LogP contribution in [0.25, 0.3) is 0 Å². The largest absolute Gasteiger partial charge is 0.477 e. The Hall–Kier alpha value is -1.68. The fraction of sp³-hybridized carbons (Fsp3) is 0.167. The van der Waals surface area contributed by atoms with Crippen LogP contribution in [-0.2, 0) is 6.42 Å². The second-order valence-electron chi connectivity index (χ2n) is 3.59. The standard InChI is InChI=1S/C12H11NO2S/c1-8-3-2-4-9(5-8)6-11-13-7-10(16-11)12(14)15/h2-5,7H,6H2,1H3,(H,14,15). The third-order valence-corrected chi connectivity index (χ3v) is 3.19. The van der Waals surface area contributed by atoms with Gasteiger partial charge in [-0.2, -0.15) is 0 Å². The van der Waals surface area contributed by atoms with Crippen molar-refractivity contribution in [2.24, 2.45) is 0 Å². The smallest absolute Gasteiger partial charge is 0.347 e. The second-order valence-corrected chi connectivity index (χ2v) is 4.70. The molecule has 4 heteroatoms. The third kappa shape index (κ3) is 2.46. The zero-order valence-electron chi connectivity index (χ0n) is 8.80. The molecule has 1 heterocycles. The first kappa shape index (κ1) is 10.8. The molecule has 3 nitrogen and oxygen atoms in total. The summed E-state index contributed by atoms with van der Waals surface area (Å²) in [4.78, 5) is 15.1. The van der Waals surface area contributed by atoms with Crippen LogP contribution in [0.1, 0.15) is 25.8 Å². The highest BCUT2D eigenvalue weighted by molar-refractivity contribution is 7.13. The van der Waals surface area contributed by atoms with E-state index in [-0.39, 0.29) is 0 Å². The van der Waals surface area contributed by atoms with E-state index in [1.54, 1.807) is 0 Å². The maximum Gasteiger partial charge on any atom is 0.347 e. The van der Waals surface area contributed by atoms with Crippen molar-refractivity contribution in [3.63, 3.8) is 0 Å². The number of carbonyl (C=O) groups is 1. The van der Waals surface area contributed by atoms with E-state index in [0.29, 0.717) is 11.3 Å². The number of nitrogens with zero attached hydrogens (tertiary/aromatic N) is 1. The average Bonchev–Trinajstić information content (AvgIpc) is 2.66. The fourth-order valence-electron chi connectivity index (χ4n) is 1.49. The van der Waals surface area contributed by atoms with Crippen LogP contribution in [0.2, 0.25) is 0 Å². The monoisotopic (exact) mass is 233 g/mol. The topological polar surface area (TPSA) is 50.2 Å². The van der Waals surface area contributed by atoms with Gasteiger partial charge in [-0.05, 0) is 12.5 Å². The fourth-order valence-corrected chi connectivity index (χ4v) is 2.28. The van der Waals surface area contributed by atoms with E-state index < -0.39 is 5.97 Å². The normalized spacial score (nSPS) is 10.3. The summed E-state index contributed by atoms with van der Waals surface area (Å²) in [6.45, 7) is 2.04. The maximum absolute atomic E-state index is 10.7. The maximum atomic E-state index is 10.7. The van der Waals surface area contributed by atoms with Crippen molar-refractivity contribution in [1.29, 1.82) is 0 Å². The highest BCUT2D eigenvalue weighted by atomic mass is 32.1. The lowest BCUT2D eigenvalue weighted by Gasteiger charge is -1.98. The molecule has 0 spiro atoms. The highest BCUT2D eigenvalue weighted by Gasteiger charge is 2.08. The predicted molar refractivity (Wildman–Crippen MR) is 63.1 cm³/mol. The van der Waals surface area contributed by atoms with E-state index in [2.05, 4.69) is 11.1 Å². The van der Waals surface area contributed by atoms with Crippen LogP contribution < -0.4 is 0 Å². The Balaban J connectivity index is 2.17. The van der Waals surface area contributed by atoms with Crippen LogP contribution >= 0.6 is 11.3 Å². The lowest BCUT2D eigenvalue weighted by molar-refractivity contribution is 0.0702. The molecule has 0 fully saturated rings. The molecule has 0 atom stereocenters. The van der Waals surface area contributed by atoms with Crippen LogP contribution in [-0.4, -0.2) is 16.1 Å². The van der Waals surface area contributed by atoms with E-state index in [4.69, 9.17) is 5.11 Å². The summed E-state index contributed by atoms with van der Waals surface area (Å²) in [5, 5.41) is 9.61. The van der Waals surface area contributed by atoms with Crippen molar-refractivity contribution in [2.45, 2.75) is 13.3 Å². The molecular weight excluding hydrogens is 222 g/mol. The van der Waals surface area contributed by atoms with Crippen molar-refractivity contribution in [3.8, 4) is 0 Å². The Morgan fingerprint density at radius 3 is 2.94 bits per heavy atom. The third-order valence-electron chi connectivity index (χ3n) is 2.20. The Bertz CT molecular complexity index is 519. The Labute approximate surface area is 97.4 Å². The Morgan fingerprint density at radius 1 is 1.50 bits per heavy atom. The summed E-state index contributed by atoms with van der Waals surface area (Å²) in [6, 6.07) is 8.14. The second kappa shape index (κ2) is 4.45. The molecule has 82 valence electrons. The number of hydrogen-bond donors (Lipinski definition) is 1. The van der Waals surface area contributed by atoms with Gasteiger partial charge in [0, 0.05) is 6.42 Å². The van der Waals surface area contributed by atoms with E-state index >= 15 is 0 Å². The van der Waals surface area contributed by atoms with Gasteiger partial charge in [-0.1, -0.05) is 29.8 Å². The molecule has 1 aromatic heterocycles. The molecule has 1 N–H and O–H groups in total. The molecule has 0 aliphatic rings. The molecule has 1 aromatic carbocycles. The first-order valence-corrected chi connectivity index (χ1v) is 5.70. The summed E-state index contributed by atoms with van der Waals surface area (Å²) >= 11 is 1.23. The van der Waals surface area contributed by atoms with E-state index in [1.165, 1.54) is 23.1 Å². The lowest BCUT2D eigenvalue weighted by Crippen LogP contribution is -1.89. The molecule has 0 radical (unpaired) electrons. The van der Waals surface area contributed by atoms with Crippen LogP contribution in [0.5, 0.6) is 0 Å². The number of aromatic carboxylic acids is 1. The zero-order valence-corrected chi connectivity index (χ0v) is 9.62. The molecule has 0 amide bonds. The van der Waals surface area contributed by atoms with E-state index in [1.807, 2.05) is 25.1 Å². The van der Waals surface area contributed by atoms with Gasteiger partial charge < -0.3 is 5.11 Å². The number of aryl methyl sites for hydroxylation is 1. The number of carboxylic acid groups (broad SMARTS) is 1. The van der Waals surface area contributed by atoms with Crippen LogP contribution in [0.4, 0.5) is 0 Å². The van der Waals surface area contributed by atoms with Crippen molar-refractivity contribution < 1.29 is 9.90 Å². The quantitative estimate of drug-likeness (QED) is 0.886. The molecule has 0 unspecified atom stereocenters. The molecule has 0 saturated heterocycles. The van der Waals surface area contributed by atoms with Gasteiger partial charge in [-0.3, -0.25) is 0 Å². The Kier molecular flexibility index (Phi) is 3.01. The Morgan fingerprint density at radius 2 is 2.31 bits per heavy atom. The highest BCUT2D eigenvalue weighted by Crippen LogP contribution is 2.17. The molecule has 2 rings (SSSR count). The lowest BCUT2D eigenvalue weighted by atomic mass is 10.1. The molecule has 0 aliphatic carbocycles. The number of rotatable bonds is 3. The average molecular weight is 233 g/mol. The van der Waals surface area contributed by atoms with Crippen LogP contribution in [0, 0.1) is 6.92 Å². The molecule has 0 aliphatic heterocycles. The first-order valence-electron chi connectivity index (χ1n) is 4.88. The van der Waals surface area contributed by atoms with Gasteiger partial charge >= 0.3 is 5.97 Å². The summed E-state index contributed by atoms with van der Waals surface area (Å²) in [5.41, 5.74) is 2.36. The summed E-state index contributed by atoms with van der Waals surface area (Å²) in [5.74, 6) is -0.909. The summed E-state index contributed by atoms with van der Waals surface area (Å²) < 4.78 is 0. The minimum absolute atomic E-state index is 0.294. The molecule has 2 aromatic rings. The molecule has 0 saturated carbocycles. The summed E-state index contributed by atoms with van der Waals surface area (Å²) in [7, 11) is 0. The first-order chi connectivity index (χ1) is 7.65. The number of carboxylic acids is 1. The van der Waals surface area contributed by atoms with E-state index in [9.17, 15) is 4.79 Å². The van der Waals surface area contributed by atoms with Crippen LogP contribution in [0.15, 0.2) is 30.5 Å². The van der Waals surface area contributed by atoms with Crippen molar-refractivity contribution in [1.82, 2.24) is 4.98 Å². The number of thiazole rings is 1. The van der Waals surface area contributed by atoms with Gasteiger partial charge in [0.2, 0.25) is 0 Å². The van der Waals surface area contributed by atoms with Crippen molar-refractivity contribution in [3.05, 3.63) is 51.5 Å². The van der Waals surface area contributed by atoms with Crippen molar-refractivity contribution in [2.75, 3.05) is 0 Å². The number of hydrogen-bond acceptors (Lipinski definition) is 3. The van der Waals surface area contributed by atoms with Crippen LogP contribution in [0.3, 0.4) is 0 Å². The summed E-state index contributed by atoms with van der Waals surface area (Å²) in [6.07, 6.45) is 2.11. The number of benzene rings is 1. The van der Waals surface area contributed by atoms with Gasteiger partial charge in [0.1, 0.15) is 4.88 Å². The molecule has 0 bridgehead atoms. The van der Waals surface area contributed by atoms with Gasteiger partial charge in [-0.25, -0.2) is 9.78 Å². The predicted octanol–water partition coefficient (Wildman–Crippen LogP) is 2.74. The van der Waals surface area contributed by atoms with E-state index in [0.717, 1.165) is 10.6 Å². The van der Waals surface area contributed by atoms with Gasteiger partial charge in [0.25, 0.3) is 0 Å². The number of aromatic nitrogens is 1. The van der Waals surface area contributed by atoms with Gasteiger partial charge in [0.05, 0.1) is 11.2 Å². The van der Waals surface area contributed by atoms with Crippen molar-refractivity contribution >= 4 is 17.3 Å². The molecule has 16 heavy (non-hydrogen) atoms. The molecular formula is C12H11NO2S. The minimum Gasteiger partial charge on any atom is -0.477 e. The SMILES string of the molecule is Cc1cccc(Cc2ncc(C(=O)O)s2)c1. The van der Waals surface area contributed by atoms with Gasteiger partial charge in [0.15, 0.2) is 0 Å². The minimum atomic E-state index is -0.909. The zero-order chi connectivity index (χ0) is 11.5. The van der Waals surface area contributed by atoms with Gasteiger partial charge in [-0.15, -0.1) is 11.3 Å².